The summed E-state index contributed by atoms with van der Waals surface area (Å²) in [6.45, 7) is 3.79. The van der Waals surface area contributed by atoms with Gasteiger partial charge in [-0.1, -0.05) is 17.7 Å². The Balaban J connectivity index is 1.73. The fourth-order valence-electron chi connectivity index (χ4n) is 2.82. The van der Waals surface area contributed by atoms with Gasteiger partial charge in [-0.05, 0) is 36.8 Å². The fourth-order valence-corrected chi connectivity index (χ4v) is 2.99. The molecule has 8 heteroatoms. The second-order valence-corrected chi connectivity index (χ2v) is 6.71. The molecule has 0 atom stereocenters. The number of halogens is 1. The monoisotopic (exact) mass is 386 g/mol. The molecule has 0 saturated carbocycles. The Morgan fingerprint density at radius 1 is 1.15 bits per heavy atom. The van der Waals surface area contributed by atoms with Crippen LogP contribution >= 0.6 is 11.6 Å². The van der Waals surface area contributed by atoms with Crippen LogP contribution in [0, 0.1) is 6.92 Å². The van der Waals surface area contributed by atoms with E-state index in [1.807, 2.05) is 13.0 Å². The molecule has 3 amide bonds. The van der Waals surface area contributed by atoms with E-state index in [1.54, 1.807) is 28.0 Å². The molecule has 1 aromatic carbocycles. The minimum Gasteiger partial charge on any atom is -0.342 e. The van der Waals surface area contributed by atoms with Crippen molar-refractivity contribution in [2.24, 2.45) is 0 Å². The molecule has 1 aliphatic rings. The summed E-state index contributed by atoms with van der Waals surface area (Å²) in [6.07, 6.45) is 2.23. The van der Waals surface area contributed by atoms with Crippen molar-refractivity contribution in [2.45, 2.75) is 6.92 Å². The maximum absolute atomic E-state index is 12.7. The molecule has 1 saturated heterocycles. The number of anilines is 1. The van der Waals surface area contributed by atoms with Gasteiger partial charge < -0.3 is 15.1 Å². The molecule has 2 aromatic rings. The first-order valence-corrected chi connectivity index (χ1v) is 8.88. The van der Waals surface area contributed by atoms with Crippen molar-refractivity contribution in [3.05, 3.63) is 58.4 Å². The third-order valence-electron chi connectivity index (χ3n) is 4.44. The SMILES string of the molecule is Cc1ccc(Cl)cc1NC(=O)c1cc(C(=O)N2CCN(C=O)CC2)ccn1. The van der Waals surface area contributed by atoms with Gasteiger partial charge in [0, 0.05) is 48.6 Å². The van der Waals surface area contributed by atoms with Gasteiger partial charge in [-0.15, -0.1) is 0 Å². The molecular formula is C19H19ClN4O3. The number of aromatic nitrogens is 1. The van der Waals surface area contributed by atoms with Gasteiger partial charge in [0.1, 0.15) is 5.69 Å². The molecule has 0 spiro atoms. The highest BCUT2D eigenvalue weighted by molar-refractivity contribution is 6.31. The highest BCUT2D eigenvalue weighted by Crippen LogP contribution is 2.21. The van der Waals surface area contributed by atoms with Crippen molar-refractivity contribution in [2.75, 3.05) is 31.5 Å². The van der Waals surface area contributed by atoms with Crippen LogP contribution in [0.4, 0.5) is 5.69 Å². The van der Waals surface area contributed by atoms with E-state index in [2.05, 4.69) is 10.3 Å². The van der Waals surface area contributed by atoms with Gasteiger partial charge >= 0.3 is 0 Å². The number of benzene rings is 1. The highest BCUT2D eigenvalue weighted by atomic mass is 35.5. The zero-order chi connectivity index (χ0) is 19.4. The summed E-state index contributed by atoms with van der Waals surface area (Å²) in [7, 11) is 0. The lowest BCUT2D eigenvalue weighted by Gasteiger charge is -2.32. The molecule has 27 heavy (non-hydrogen) atoms. The van der Waals surface area contributed by atoms with Crippen molar-refractivity contribution in [1.29, 1.82) is 0 Å². The average molecular weight is 387 g/mol. The molecule has 1 aromatic heterocycles. The maximum atomic E-state index is 12.7. The summed E-state index contributed by atoms with van der Waals surface area (Å²) in [6, 6.07) is 8.27. The predicted molar refractivity (Wildman–Crippen MR) is 102 cm³/mol. The summed E-state index contributed by atoms with van der Waals surface area (Å²) in [5.74, 6) is -0.600. The number of aryl methyl sites for hydroxylation is 1. The van der Waals surface area contributed by atoms with Gasteiger partial charge in [0.2, 0.25) is 6.41 Å². The third kappa shape index (κ3) is 4.43. The van der Waals surface area contributed by atoms with E-state index >= 15 is 0 Å². The Bertz CT molecular complexity index is 879. The van der Waals surface area contributed by atoms with E-state index in [-0.39, 0.29) is 11.6 Å². The molecule has 0 radical (unpaired) electrons. The zero-order valence-electron chi connectivity index (χ0n) is 14.8. The summed E-state index contributed by atoms with van der Waals surface area (Å²) in [4.78, 5) is 43.3. The maximum Gasteiger partial charge on any atom is 0.274 e. The summed E-state index contributed by atoms with van der Waals surface area (Å²) < 4.78 is 0. The van der Waals surface area contributed by atoms with E-state index < -0.39 is 5.91 Å². The van der Waals surface area contributed by atoms with Crippen molar-refractivity contribution in [3.8, 4) is 0 Å². The molecule has 140 valence electrons. The van der Waals surface area contributed by atoms with Gasteiger partial charge in [-0.25, -0.2) is 0 Å². The summed E-state index contributed by atoms with van der Waals surface area (Å²) in [5.41, 5.74) is 1.99. The Hall–Kier alpha value is -2.93. The fraction of sp³-hybridized carbons (Fsp3) is 0.263. The number of nitrogens with zero attached hydrogens (tertiary/aromatic N) is 3. The van der Waals surface area contributed by atoms with E-state index in [0.29, 0.717) is 42.5 Å². The van der Waals surface area contributed by atoms with Crippen LogP contribution in [-0.4, -0.2) is 59.2 Å². The molecule has 1 aliphatic heterocycles. The number of nitrogens with one attached hydrogen (secondary N) is 1. The predicted octanol–water partition coefficient (Wildman–Crippen LogP) is 2.21. The number of carbonyl (C=O) groups is 3. The first kappa shape index (κ1) is 18.8. The van der Waals surface area contributed by atoms with Crippen LogP contribution in [0.5, 0.6) is 0 Å². The van der Waals surface area contributed by atoms with Gasteiger partial charge in [-0.2, -0.15) is 0 Å². The van der Waals surface area contributed by atoms with Crippen molar-refractivity contribution in [3.63, 3.8) is 0 Å². The number of carbonyl (C=O) groups excluding carboxylic acids is 3. The van der Waals surface area contributed by atoms with E-state index in [9.17, 15) is 14.4 Å². The molecule has 7 nitrogen and oxygen atoms in total. The molecular weight excluding hydrogens is 368 g/mol. The normalized spacial score (nSPS) is 14.0. The van der Waals surface area contributed by atoms with Crippen LogP contribution in [-0.2, 0) is 4.79 Å². The van der Waals surface area contributed by atoms with Crippen molar-refractivity contribution in [1.82, 2.24) is 14.8 Å². The minimum absolute atomic E-state index is 0.145. The van der Waals surface area contributed by atoms with Gasteiger partial charge in [0.15, 0.2) is 0 Å². The van der Waals surface area contributed by atoms with Gasteiger partial charge in [0.05, 0.1) is 0 Å². The number of rotatable bonds is 4. The first-order valence-electron chi connectivity index (χ1n) is 8.50. The lowest BCUT2D eigenvalue weighted by atomic mass is 10.1. The molecule has 3 rings (SSSR count). The van der Waals surface area contributed by atoms with E-state index in [4.69, 9.17) is 11.6 Å². The van der Waals surface area contributed by atoms with Crippen molar-refractivity contribution >= 4 is 35.5 Å². The molecule has 0 unspecified atom stereocenters. The number of hydrogen-bond acceptors (Lipinski definition) is 4. The van der Waals surface area contributed by atoms with Crippen LogP contribution in [0.1, 0.15) is 26.4 Å². The number of piperazine rings is 1. The molecule has 2 heterocycles. The number of amides is 3. The quantitative estimate of drug-likeness (QED) is 0.817. The summed E-state index contributed by atoms with van der Waals surface area (Å²) in [5, 5.41) is 3.29. The average Bonchev–Trinajstić information content (AvgIpc) is 2.70. The highest BCUT2D eigenvalue weighted by Gasteiger charge is 2.22. The second-order valence-electron chi connectivity index (χ2n) is 6.28. The standard InChI is InChI=1S/C19H19ClN4O3/c1-13-2-3-15(20)11-16(13)22-18(26)17-10-14(4-5-21-17)19(27)24-8-6-23(12-25)7-9-24/h2-5,10-12H,6-9H2,1H3,(H,22,26). The minimum atomic E-state index is -0.416. The Morgan fingerprint density at radius 3 is 2.59 bits per heavy atom. The van der Waals surface area contributed by atoms with Crippen LogP contribution in [0.25, 0.3) is 0 Å². The summed E-state index contributed by atoms with van der Waals surface area (Å²) >= 11 is 5.98. The Kier molecular flexibility index (Phi) is 5.71. The van der Waals surface area contributed by atoms with Gasteiger partial charge in [-0.3, -0.25) is 19.4 Å². The zero-order valence-corrected chi connectivity index (χ0v) is 15.6. The molecule has 0 aliphatic carbocycles. The van der Waals surface area contributed by atoms with Crippen LogP contribution in [0.2, 0.25) is 5.02 Å². The van der Waals surface area contributed by atoms with Crippen LogP contribution in [0.3, 0.4) is 0 Å². The van der Waals surface area contributed by atoms with Crippen LogP contribution in [0.15, 0.2) is 36.5 Å². The van der Waals surface area contributed by atoms with Crippen LogP contribution < -0.4 is 5.32 Å². The lowest BCUT2D eigenvalue weighted by Crippen LogP contribution is -2.48. The Labute approximate surface area is 161 Å². The molecule has 1 N–H and O–H groups in total. The lowest BCUT2D eigenvalue weighted by molar-refractivity contribution is -0.119. The van der Waals surface area contributed by atoms with Crippen molar-refractivity contribution < 1.29 is 14.4 Å². The third-order valence-corrected chi connectivity index (χ3v) is 4.67. The smallest absolute Gasteiger partial charge is 0.274 e. The van der Waals surface area contributed by atoms with E-state index in [1.165, 1.54) is 12.3 Å². The van der Waals surface area contributed by atoms with E-state index in [0.717, 1.165) is 12.0 Å². The second kappa shape index (κ2) is 8.18. The van der Waals surface area contributed by atoms with Gasteiger partial charge in [0.25, 0.3) is 11.8 Å². The topological polar surface area (TPSA) is 82.6 Å². The largest absolute Gasteiger partial charge is 0.342 e. The molecule has 1 fully saturated rings. The first-order chi connectivity index (χ1) is 13.0. The Morgan fingerprint density at radius 2 is 1.89 bits per heavy atom. The number of hydrogen-bond donors (Lipinski definition) is 1. The number of pyridine rings is 1. The molecule has 0 bridgehead atoms.